The van der Waals surface area contributed by atoms with Gasteiger partial charge in [-0.3, -0.25) is 4.79 Å². The van der Waals surface area contributed by atoms with Crippen LogP contribution in [0.3, 0.4) is 0 Å². The summed E-state index contributed by atoms with van der Waals surface area (Å²) in [6, 6.07) is 1.87. The summed E-state index contributed by atoms with van der Waals surface area (Å²) in [7, 11) is 0. The molecule has 92 valence electrons. The summed E-state index contributed by atoms with van der Waals surface area (Å²) in [5, 5.41) is 21.9. The molecule has 0 aromatic rings. The zero-order chi connectivity index (χ0) is 12.0. The lowest BCUT2D eigenvalue weighted by Crippen LogP contribution is -2.53. The van der Waals surface area contributed by atoms with Gasteiger partial charge in [0.1, 0.15) is 6.04 Å². The first-order valence-electron chi connectivity index (χ1n) is 6.35. The smallest absolute Gasteiger partial charge is 0.241 e. The third-order valence-corrected chi connectivity index (χ3v) is 4.38. The van der Waals surface area contributed by atoms with E-state index in [1.54, 1.807) is 4.90 Å². The van der Waals surface area contributed by atoms with Crippen LogP contribution in [0.2, 0.25) is 0 Å². The molecular formula is C12H17N3O2. The number of carbonyl (C=O) groups is 1. The van der Waals surface area contributed by atoms with Crippen molar-refractivity contribution in [2.45, 2.75) is 49.9 Å². The van der Waals surface area contributed by atoms with Crippen molar-refractivity contribution in [2.24, 2.45) is 5.92 Å². The maximum atomic E-state index is 12.3. The van der Waals surface area contributed by atoms with Gasteiger partial charge in [-0.1, -0.05) is 0 Å². The van der Waals surface area contributed by atoms with Gasteiger partial charge in [0.15, 0.2) is 0 Å². The van der Waals surface area contributed by atoms with Gasteiger partial charge in [0.25, 0.3) is 0 Å². The molecule has 5 nitrogen and oxygen atoms in total. The largest absolute Gasteiger partial charge is 0.391 e. The van der Waals surface area contributed by atoms with Crippen molar-refractivity contribution in [3.63, 3.8) is 0 Å². The van der Waals surface area contributed by atoms with E-state index in [2.05, 4.69) is 11.4 Å². The molecule has 5 atom stereocenters. The van der Waals surface area contributed by atoms with Crippen molar-refractivity contribution in [3.8, 4) is 6.07 Å². The molecule has 17 heavy (non-hydrogen) atoms. The Morgan fingerprint density at radius 2 is 2.29 bits per heavy atom. The van der Waals surface area contributed by atoms with Crippen LogP contribution in [0.25, 0.3) is 0 Å². The second-order valence-corrected chi connectivity index (χ2v) is 5.37. The molecule has 2 saturated heterocycles. The predicted molar refractivity (Wildman–Crippen MR) is 59.8 cm³/mol. The number of aliphatic hydroxyl groups excluding tert-OH is 1. The summed E-state index contributed by atoms with van der Waals surface area (Å²) >= 11 is 0. The number of nitrogens with one attached hydrogen (secondary N) is 1. The van der Waals surface area contributed by atoms with Crippen LogP contribution in [-0.4, -0.2) is 46.7 Å². The zero-order valence-corrected chi connectivity index (χ0v) is 9.67. The van der Waals surface area contributed by atoms with E-state index in [1.807, 2.05) is 0 Å². The molecule has 2 bridgehead atoms. The lowest BCUT2D eigenvalue weighted by molar-refractivity contribution is -0.134. The van der Waals surface area contributed by atoms with Gasteiger partial charge in [-0.2, -0.15) is 5.26 Å². The first-order valence-corrected chi connectivity index (χ1v) is 6.35. The van der Waals surface area contributed by atoms with E-state index >= 15 is 0 Å². The molecule has 0 spiro atoms. The number of likely N-dealkylation sites (tertiary alicyclic amines) is 1. The first-order chi connectivity index (χ1) is 8.20. The van der Waals surface area contributed by atoms with Crippen LogP contribution in [0.15, 0.2) is 0 Å². The van der Waals surface area contributed by atoms with Crippen molar-refractivity contribution in [1.29, 1.82) is 5.26 Å². The normalized spacial score (nSPS) is 44.0. The van der Waals surface area contributed by atoms with E-state index in [4.69, 9.17) is 5.26 Å². The molecule has 1 aliphatic carbocycles. The van der Waals surface area contributed by atoms with E-state index < -0.39 is 0 Å². The molecule has 2 aliphatic heterocycles. The Kier molecular flexibility index (Phi) is 2.57. The van der Waals surface area contributed by atoms with E-state index in [-0.39, 0.29) is 36.1 Å². The third-order valence-electron chi connectivity index (χ3n) is 4.38. The van der Waals surface area contributed by atoms with E-state index in [0.717, 1.165) is 25.7 Å². The topological polar surface area (TPSA) is 76.4 Å². The highest BCUT2D eigenvalue weighted by atomic mass is 16.3. The molecule has 0 aromatic carbocycles. The Bertz CT molecular complexity index is 376. The standard InChI is InChI=1S/C12H17N3O2/c13-6-8-2-1-3-15(8)12(17)11-7-4-9(14-11)10(16)5-7/h7-11,14,16H,1-5H2/t7-,8-,9+,10-,11-/m0/s1. The maximum absolute atomic E-state index is 12.3. The van der Waals surface area contributed by atoms with Gasteiger partial charge in [0, 0.05) is 12.6 Å². The minimum atomic E-state index is -0.297. The highest BCUT2D eigenvalue weighted by Crippen LogP contribution is 2.37. The molecule has 3 fully saturated rings. The zero-order valence-electron chi connectivity index (χ0n) is 9.67. The molecule has 5 heteroatoms. The van der Waals surface area contributed by atoms with Gasteiger partial charge in [-0.15, -0.1) is 0 Å². The Morgan fingerprint density at radius 1 is 1.47 bits per heavy atom. The van der Waals surface area contributed by atoms with Gasteiger partial charge >= 0.3 is 0 Å². The van der Waals surface area contributed by atoms with Gasteiger partial charge in [-0.05, 0) is 31.6 Å². The van der Waals surface area contributed by atoms with Gasteiger partial charge in [0.2, 0.25) is 5.91 Å². The number of rotatable bonds is 1. The minimum absolute atomic E-state index is 0.0634. The fraction of sp³-hybridized carbons (Fsp3) is 0.833. The predicted octanol–water partition coefficient (Wildman–Crippen LogP) is -0.388. The monoisotopic (exact) mass is 235 g/mol. The molecule has 1 amide bonds. The Hall–Kier alpha value is -1.12. The number of hydrogen-bond acceptors (Lipinski definition) is 4. The number of piperidine rings is 1. The molecule has 0 unspecified atom stereocenters. The van der Waals surface area contributed by atoms with Crippen LogP contribution < -0.4 is 5.32 Å². The van der Waals surface area contributed by atoms with Crippen LogP contribution in [0.5, 0.6) is 0 Å². The summed E-state index contributed by atoms with van der Waals surface area (Å²) in [4.78, 5) is 14.1. The van der Waals surface area contributed by atoms with Crippen LogP contribution in [0.4, 0.5) is 0 Å². The van der Waals surface area contributed by atoms with Gasteiger partial charge in [0.05, 0.1) is 18.2 Å². The molecule has 2 N–H and O–H groups in total. The van der Waals surface area contributed by atoms with Crippen molar-refractivity contribution < 1.29 is 9.90 Å². The number of nitrogens with zero attached hydrogens (tertiary/aromatic N) is 2. The molecule has 1 saturated carbocycles. The first kappa shape index (κ1) is 11.0. The highest BCUT2D eigenvalue weighted by Gasteiger charge is 2.49. The lowest BCUT2D eigenvalue weighted by atomic mass is 9.97. The van der Waals surface area contributed by atoms with E-state index in [1.165, 1.54) is 0 Å². The Balaban J connectivity index is 1.70. The number of nitriles is 1. The molecule has 2 heterocycles. The number of fused-ring (bicyclic) bond motifs is 2. The molecule has 0 aromatic heterocycles. The fourth-order valence-corrected chi connectivity index (χ4v) is 3.49. The second kappa shape index (κ2) is 3.97. The summed E-state index contributed by atoms with van der Waals surface area (Å²) in [6.45, 7) is 0.704. The highest BCUT2D eigenvalue weighted by molar-refractivity contribution is 5.83. The van der Waals surface area contributed by atoms with Gasteiger partial charge < -0.3 is 15.3 Å². The lowest BCUT2D eigenvalue weighted by Gasteiger charge is -2.30. The van der Waals surface area contributed by atoms with E-state index in [9.17, 15) is 9.90 Å². The van der Waals surface area contributed by atoms with Crippen molar-refractivity contribution in [2.75, 3.05) is 6.54 Å². The maximum Gasteiger partial charge on any atom is 0.241 e. The Morgan fingerprint density at radius 3 is 2.88 bits per heavy atom. The van der Waals surface area contributed by atoms with E-state index in [0.29, 0.717) is 6.54 Å². The average Bonchev–Trinajstić information content (AvgIpc) is 3.01. The van der Waals surface area contributed by atoms with Crippen molar-refractivity contribution in [1.82, 2.24) is 10.2 Å². The van der Waals surface area contributed by atoms with Gasteiger partial charge in [-0.25, -0.2) is 0 Å². The molecule has 3 aliphatic rings. The molecule has 3 rings (SSSR count). The van der Waals surface area contributed by atoms with Crippen LogP contribution in [0.1, 0.15) is 25.7 Å². The number of carbonyl (C=O) groups excluding carboxylic acids is 1. The number of aliphatic hydroxyl groups is 1. The number of hydrogen-bond donors (Lipinski definition) is 2. The Labute approximate surface area is 100 Å². The van der Waals surface area contributed by atoms with Crippen LogP contribution >= 0.6 is 0 Å². The SMILES string of the molecule is N#C[C@@H]1CCCN1C(=O)[C@H]1N[C@@H]2C[C@H]1C[C@@H]2O. The minimum Gasteiger partial charge on any atom is -0.391 e. The fourth-order valence-electron chi connectivity index (χ4n) is 3.49. The van der Waals surface area contributed by atoms with Crippen LogP contribution in [0, 0.1) is 17.2 Å². The summed E-state index contributed by atoms with van der Waals surface area (Å²) in [5.74, 6) is 0.316. The summed E-state index contributed by atoms with van der Waals surface area (Å²) in [6.07, 6.45) is 3.04. The molecular weight excluding hydrogens is 218 g/mol. The third kappa shape index (κ3) is 1.63. The van der Waals surface area contributed by atoms with Crippen molar-refractivity contribution in [3.05, 3.63) is 0 Å². The summed E-state index contributed by atoms with van der Waals surface area (Å²) < 4.78 is 0. The molecule has 0 radical (unpaired) electrons. The second-order valence-electron chi connectivity index (χ2n) is 5.37. The van der Waals surface area contributed by atoms with Crippen molar-refractivity contribution >= 4 is 5.91 Å². The quantitative estimate of drug-likeness (QED) is 0.649. The summed E-state index contributed by atoms with van der Waals surface area (Å²) in [5.41, 5.74) is 0. The number of amides is 1. The average molecular weight is 235 g/mol. The van der Waals surface area contributed by atoms with Crippen LogP contribution in [-0.2, 0) is 4.79 Å².